The fourth-order valence-corrected chi connectivity index (χ4v) is 4.96. The third-order valence-electron chi connectivity index (χ3n) is 5.33. The molecule has 0 bridgehead atoms. The molecule has 1 fully saturated rings. The number of carbonyl (C=O) groups is 3. The van der Waals surface area contributed by atoms with E-state index in [-0.39, 0.29) is 30.3 Å². The molecule has 0 aliphatic carbocycles. The smallest absolute Gasteiger partial charge is 0.326 e. The summed E-state index contributed by atoms with van der Waals surface area (Å²) in [5.41, 5.74) is 1.09. The second-order valence-corrected chi connectivity index (χ2v) is 9.52. The van der Waals surface area contributed by atoms with Crippen LogP contribution in [0.3, 0.4) is 0 Å². The predicted octanol–water partition coefficient (Wildman–Crippen LogP) is 2.10. The zero-order valence-corrected chi connectivity index (χ0v) is 18.1. The van der Waals surface area contributed by atoms with Gasteiger partial charge >= 0.3 is 12.0 Å². The Balaban J connectivity index is 1.60. The number of carboxylic acids is 1. The lowest BCUT2D eigenvalue weighted by molar-refractivity contribution is -0.139. The molecule has 2 aromatic carbocycles. The maximum Gasteiger partial charge on any atom is 0.326 e. The number of aldehydes is 1. The largest absolute Gasteiger partial charge is 0.480 e. The van der Waals surface area contributed by atoms with Crippen molar-refractivity contribution in [1.29, 1.82) is 0 Å². The van der Waals surface area contributed by atoms with E-state index in [0.717, 1.165) is 11.8 Å². The number of amides is 2. The second kappa shape index (κ2) is 10.4. The topological polar surface area (TPSA) is 133 Å². The van der Waals surface area contributed by atoms with Crippen molar-refractivity contribution >= 4 is 34.0 Å². The van der Waals surface area contributed by atoms with Crippen LogP contribution < -0.4 is 10.6 Å². The highest BCUT2D eigenvalue weighted by Gasteiger charge is 2.29. The zero-order chi connectivity index (χ0) is 23.1. The van der Waals surface area contributed by atoms with Gasteiger partial charge in [-0.3, -0.25) is 0 Å². The highest BCUT2D eigenvalue weighted by molar-refractivity contribution is 7.89. The van der Waals surface area contributed by atoms with Crippen LogP contribution in [-0.2, 0) is 26.0 Å². The standard InChI is InChI=1S/C22H25N3O6S/c26-15-17-10-12-25(13-11-17)32(30,31)19-8-6-18(7-9-19)23-22(29)24-20(21(27)28)14-16-4-2-1-3-5-16/h1-9,15,17,20H,10-14H2,(H,27,28)(H2,23,24,29)/t20-/m0/s1. The number of hydrogen-bond donors (Lipinski definition) is 3. The summed E-state index contributed by atoms with van der Waals surface area (Å²) in [5.74, 6) is -1.27. The van der Waals surface area contributed by atoms with Crippen LogP contribution in [0.1, 0.15) is 18.4 Å². The predicted molar refractivity (Wildman–Crippen MR) is 118 cm³/mol. The Kier molecular flexibility index (Phi) is 7.60. The van der Waals surface area contributed by atoms with Crippen LogP contribution in [-0.4, -0.2) is 55.2 Å². The molecular weight excluding hydrogens is 434 g/mol. The molecule has 2 amide bonds. The molecule has 32 heavy (non-hydrogen) atoms. The van der Waals surface area contributed by atoms with Crippen LogP contribution in [0.5, 0.6) is 0 Å². The molecule has 1 aliphatic heterocycles. The average Bonchev–Trinajstić information content (AvgIpc) is 2.79. The zero-order valence-electron chi connectivity index (χ0n) is 17.3. The van der Waals surface area contributed by atoms with Crippen LogP contribution in [0.4, 0.5) is 10.5 Å². The first-order chi connectivity index (χ1) is 15.3. The Morgan fingerprint density at radius 3 is 2.25 bits per heavy atom. The number of carboxylic acid groups (broad SMARTS) is 1. The van der Waals surface area contributed by atoms with Crippen molar-refractivity contribution in [2.45, 2.75) is 30.2 Å². The molecule has 9 nitrogen and oxygen atoms in total. The molecule has 0 spiro atoms. The molecule has 2 aromatic rings. The Morgan fingerprint density at radius 2 is 1.69 bits per heavy atom. The maximum absolute atomic E-state index is 12.8. The molecule has 10 heteroatoms. The minimum atomic E-state index is -3.69. The fourth-order valence-electron chi connectivity index (χ4n) is 3.49. The maximum atomic E-state index is 12.8. The Morgan fingerprint density at radius 1 is 1.06 bits per heavy atom. The normalized spacial score (nSPS) is 16.1. The molecule has 0 saturated carbocycles. The third kappa shape index (κ3) is 5.92. The van der Waals surface area contributed by atoms with Gasteiger partial charge in [-0.2, -0.15) is 4.31 Å². The average molecular weight is 460 g/mol. The van der Waals surface area contributed by atoms with E-state index >= 15 is 0 Å². The summed E-state index contributed by atoms with van der Waals surface area (Å²) in [6.45, 7) is 0.568. The number of piperidine rings is 1. The minimum absolute atomic E-state index is 0.0838. The van der Waals surface area contributed by atoms with E-state index in [1.165, 1.54) is 28.6 Å². The van der Waals surface area contributed by atoms with Gasteiger partial charge in [0, 0.05) is 31.1 Å². The third-order valence-corrected chi connectivity index (χ3v) is 7.24. The molecule has 0 aromatic heterocycles. The molecule has 1 aliphatic rings. The van der Waals surface area contributed by atoms with E-state index in [1.807, 2.05) is 6.07 Å². The van der Waals surface area contributed by atoms with Gasteiger partial charge < -0.3 is 20.5 Å². The van der Waals surface area contributed by atoms with Crippen LogP contribution in [0.2, 0.25) is 0 Å². The van der Waals surface area contributed by atoms with E-state index in [1.54, 1.807) is 24.3 Å². The van der Waals surface area contributed by atoms with Gasteiger partial charge in [-0.25, -0.2) is 18.0 Å². The van der Waals surface area contributed by atoms with Crippen molar-refractivity contribution in [3.05, 3.63) is 60.2 Å². The van der Waals surface area contributed by atoms with E-state index in [9.17, 15) is 27.9 Å². The lowest BCUT2D eigenvalue weighted by Gasteiger charge is -2.28. The number of carbonyl (C=O) groups excluding carboxylic acids is 2. The van der Waals surface area contributed by atoms with Crippen LogP contribution in [0.25, 0.3) is 0 Å². The van der Waals surface area contributed by atoms with Gasteiger partial charge in [-0.1, -0.05) is 30.3 Å². The first-order valence-electron chi connectivity index (χ1n) is 10.2. The highest BCUT2D eigenvalue weighted by atomic mass is 32.2. The molecule has 170 valence electrons. The summed E-state index contributed by atoms with van der Waals surface area (Å²) in [5, 5.41) is 14.3. The monoisotopic (exact) mass is 459 g/mol. The lowest BCUT2D eigenvalue weighted by atomic mass is 10.0. The van der Waals surface area contributed by atoms with Crippen LogP contribution >= 0.6 is 0 Å². The van der Waals surface area contributed by atoms with E-state index in [2.05, 4.69) is 10.6 Å². The van der Waals surface area contributed by atoms with E-state index in [0.29, 0.717) is 18.5 Å². The van der Waals surface area contributed by atoms with Crippen molar-refractivity contribution in [2.24, 2.45) is 5.92 Å². The summed E-state index contributed by atoms with van der Waals surface area (Å²) in [6.07, 6.45) is 1.98. The quantitative estimate of drug-likeness (QED) is 0.518. The number of urea groups is 1. The SMILES string of the molecule is O=CC1CCN(S(=O)(=O)c2ccc(NC(=O)N[C@@H](Cc3ccccc3)C(=O)O)cc2)CC1. The first kappa shape index (κ1) is 23.4. The second-order valence-electron chi connectivity index (χ2n) is 7.58. The number of rotatable bonds is 8. The fraction of sp³-hybridized carbons (Fsp3) is 0.318. The molecule has 1 saturated heterocycles. The number of hydrogen-bond acceptors (Lipinski definition) is 5. The van der Waals surface area contributed by atoms with Gasteiger partial charge in [-0.05, 0) is 42.7 Å². The van der Waals surface area contributed by atoms with Crippen LogP contribution in [0, 0.1) is 5.92 Å². The van der Waals surface area contributed by atoms with Gasteiger partial charge in [0.05, 0.1) is 4.90 Å². The summed E-state index contributed by atoms with van der Waals surface area (Å²) in [6, 6.07) is 12.8. The highest BCUT2D eigenvalue weighted by Crippen LogP contribution is 2.24. The van der Waals surface area contributed by atoms with Gasteiger partial charge in [0.1, 0.15) is 12.3 Å². The molecule has 0 radical (unpaired) electrons. The van der Waals surface area contributed by atoms with Crippen molar-refractivity contribution in [1.82, 2.24) is 9.62 Å². The summed E-state index contributed by atoms with van der Waals surface area (Å²) >= 11 is 0. The van der Waals surface area contributed by atoms with Crippen molar-refractivity contribution in [3.63, 3.8) is 0 Å². The number of benzene rings is 2. The van der Waals surface area contributed by atoms with Crippen molar-refractivity contribution < 1.29 is 27.9 Å². The van der Waals surface area contributed by atoms with Crippen LogP contribution in [0.15, 0.2) is 59.5 Å². The van der Waals surface area contributed by atoms with Gasteiger partial charge in [0.25, 0.3) is 0 Å². The molecule has 1 heterocycles. The molecule has 3 rings (SSSR count). The number of nitrogens with zero attached hydrogens (tertiary/aromatic N) is 1. The Bertz CT molecular complexity index is 1050. The number of anilines is 1. The molecule has 0 unspecified atom stereocenters. The minimum Gasteiger partial charge on any atom is -0.480 e. The molecular formula is C22H25N3O6S. The van der Waals surface area contributed by atoms with Gasteiger partial charge in [0.15, 0.2) is 0 Å². The Hall–Kier alpha value is -3.24. The van der Waals surface area contributed by atoms with Gasteiger partial charge in [0.2, 0.25) is 10.0 Å². The summed E-state index contributed by atoms with van der Waals surface area (Å²) < 4.78 is 26.9. The van der Waals surface area contributed by atoms with E-state index in [4.69, 9.17) is 0 Å². The summed E-state index contributed by atoms with van der Waals surface area (Å²) in [4.78, 5) is 34.7. The first-order valence-corrected chi connectivity index (χ1v) is 11.6. The van der Waals surface area contributed by atoms with Crippen molar-refractivity contribution in [3.8, 4) is 0 Å². The number of nitrogens with one attached hydrogen (secondary N) is 2. The van der Waals surface area contributed by atoms with Crippen molar-refractivity contribution in [2.75, 3.05) is 18.4 Å². The number of sulfonamides is 1. The van der Waals surface area contributed by atoms with Gasteiger partial charge in [-0.15, -0.1) is 0 Å². The Labute approximate surface area is 186 Å². The molecule has 3 N–H and O–H groups in total. The summed E-state index contributed by atoms with van der Waals surface area (Å²) in [7, 11) is -3.69. The molecule has 1 atom stereocenters. The lowest BCUT2D eigenvalue weighted by Crippen LogP contribution is -2.44. The van der Waals surface area contributed by atoms with E-state index < -0.39 is 28.1 Å². The number of aliphatic carboxylic acids is 1.